The zero-order valence-corrected chi connectivity index (χ0v) is 14.0. The molecule has 0 nitrogen and oxygen atoms in total. The molecule has 0 aromatic heterocycles. The van der Waals surface area contributed by atoms with E-state index in [9.17, 15) is 0 Å². The van der Waals surface area contributed by atoms with Crippen molar-refractivity contribution in [2.75, 3.05) is 0 Å². The van der Waals surface area contributed by atoms with E-state index in [0.29, 0.717) is 0 Å². The van der Waals surface area contributed by atoms with Crippen LogP contribution in [0.3, 0.4) is 0 Å². The number of unbranched alkanes of at least 4 members (excludes halogenated alkanes) is 4. The third-order valence-electron chi connectivity index (χ3n) is 4.83. The van der Waals surface area contributed by atoms with Crippen LogP contribution in [-0.4, -0.2) is 0 Å². The van der Waals surface area contributed by atoms with Crippen molar-refractivity contribution in [2.45, 2.75) is 92.9 Å². The first kappa shape index (κ1) is 18.0. The van der Waals surface area contributed by atoms with E-state index < -0.39 is 0 Å². The molecule has 0 radical (unpaired) electrons. The Morgan fingerprint density at radius 1 is 0.667 bits per heavy atom. The lowest BCUT2D eigenvalue weighted by Crippen LogP contribution is -2.23. The predicted molar refractivity (Wildman–Crippen MR) is 84.9 cm³/mol. The van der Waals surface area contributed by atoms with Crippen molar-refractivity contribution in [2.24, 2.45) is 23.7 Å². The lowest BCUT2D eigenvalue weighted by atomic mass is 9.74. The largest absolute Gasteiger partial charge is 0.0654 e. The van der Waals surface area contributed by atoms with E-state index in [1.54, 1.807) is 0 Å². The minimum atomic E-state index is 0.852. The molecule has 0 aliphatic heterocycles. The summed E-state index contributed by atoms with van der Waals surface area (Å²) in [6, 6.07) is 0. The van der Waals surface area contributed by atoms with Crippen molar-refractivity contribution in [3.63, 3.8) is 0 Å². The second kappa shape index (κ2) is 10.9. The van der Waals surface area contributed by atoms with E-state index in [-0.39, 0.29) is 0 Å². The molecule has 0 aliphatic rings. The molecule has 0 fully saturated rings. The highest BCUT2D eigenvalue weighted by molar-refractivity contribution is 4.74. The van der Waals surface area contributed by atoms with Gasteiger partial charge in [-0.2, -0.15) is 0 Å². The molecule has 0 bridgehead atoms. The molecule has 0 heterocycles. The summed E-state index contributed by atoms with van der Waals surface area (Å²) in [5, 5.41) is 0. The van der Waals surface area contributed by atoms with E-state index in [2.05, 4.69) is 41.5 Å². The molecule has 0 rings (SSSR count). The van der Waals surface area contributed by atoms with Gasteiger partial charge in [-0.25, -0.2) is 0 Å². The highest BCUT2D eigenvalue weighted by Crippen LogP contribution is 2.33. The van der Waals surface area contributed by atoms with Gasteiger partial charge in [0.05, 0.1) is 0 Å². The molecular weight excluding hydrogens is 216 g/mol. The summed E-state index contributed by atoms with van der Waals surface area (Å²) in [6.45, 7) is 14.4. The first-order valence-corrected chi connectivity index (χ1v) is 8.54. The van der Waals surface area contributed by atoms with Crippen molar-refractivity contribution in [3.05, 3.63) is 0 Å². The SMILES string of the molecule is CCCCCC(C)C(C)C(CCCCC)C(C)C. The fourth-order valence-corrected chi connectivity index (χ4v) is 3.23. The number of hydrogen-bond donors (Lipinski definition) is 0. The highest BCUT2D eigenvalue weighted by atomic mass is 14.3. The third kappa shape index (κ3) is 7.44. The summed E-state index contributed by atoms with van der Waals surface area (Å²) < 4.78 is 0. The second-order valence-corrected chi connectivity index (χ2v) is 6.74. The van der Waals surface area contributed by atoms with Crippen molar-refractivity contribution >= 4 is 0 Å². The van der Waals surface area contributed by atoms with Gasteiger partial charge < -0.3 is 0 Å². The van der Waals surface area contributed by atoms with E-state index in [0.717, 1.165) is 23.7 Å². The molecule has 3 atom stereocenters. The maximum atomic E-state index is 2.51. The Labute approximate surface area is 117 Å². The van der Waals surface area contributed by atoms with Gasteiger partial charge in [-0.1, -0.05) is 86.5 Å². The van der Waals surface area contributed by atoms with Crippen molar-refractivity contribution in [1.29, 1.82) is 0 Å². The van der Waals surface area contributed by atoms with E-state index >= 15 is 0 Å². The highest BCUT2D eigenvalue weighted by Gasteiger charge is 2.24. The molecule has 0 aliphatic carbocycles. The standard InChI is InChI=1S/C18H38/c1-7-9-11-13-16(5)17(6)18(15(3)4)14-12-10-8-2/h15-18H,7-14H2,1-6H3. The molecule has 0 aromatic carbocycles. The van der Waals surface area contributed by atoms with E-state index in [1.165, 1.54) is 51.4 Å². The Bertz CT molecular complexity index is 171. The van der Waals surface area contributed by atoms with Crippen LogP contribution in [0.25, 0.3) is 0 Å². The lowest BCUT2D eigenvalue weighted by Gasteiger charge is -2.32. The molecule has 0 N–H and O–H groups in total. The van der Waals surface area contributed by atoms with Gasteiger partial charge in [-0.3, -0.25) is 0 Å². The molecule has 18 heavy (non-hydrogen) atoms. The molecule has 0 spiro atoms. The maximum Gasteiger partial charge on any atom is -0.0363 e. The van der Waals surface area contributed by atoms with Crippen LogP contribution in [0.2, 0.25) is 0 Å². The van der Waals surface area contributed by atoms with Crippen LogP contribution in [0.15, 0.2) is 0 Å². The molecule has 0 saturated carbocycles. The molecule has 110 valence electrons. The average Bonchev–Trinajstić information content (AvgIpc) is 2.33. The van der Waals surface area contributed by atoms with Crippen LogP contribution < -0.4 is 0 Å². The van der Waals surface area contributed by atoms with Gasteiger partial charge in [0.15, 0.2) is 0 Å². The van der Waals surface area contributed by atoms with Crippen LogP contribution >= 0.6 is 0 Å². The van der Waals surface area contributed by atoms with Gasteiger partial charge in [0.1, 0.15) is 0 Å². The zero-order chi connectivity index (χ0) is 14.0. The van der Waals surface area contributed by atoms with Gasteiger partial charge in [-0.15, -0.1) is 0 Å². The smallest absolute Gasteiger partial charge is 0.0363 e. The first-order valence-electron chi connectivity index (χ1n) is 8.54. The summed E-state index contributed by atoms with van der Waals surface area (Å²) in [5.41, 5.74) is 0. The van der Waals surface area contributed by atoms with Gasteiger partial charge >= 0.3 is 0 Å². The topological polar surface area (TPSA) is 0 Å². The first-order chi connectivity index (χ1) is 8.54. The normalized spacial score (nSPS) is 16.8. The minimum Gasteiger partial charge on any atom is -0.0654 e. The van der Waals surface area contributed by atoms with Gasteiger partial charge in [0.2, 0.25) is 0 Å². The molecular formula is C18H38. The molecule has 0 heteroatoms. The van der Waals surface area contributed by atoms with E-state index in [1.807, 2.05) is 0 Å². The number of hydrogen-bond acceptors (Lipinski definition) is 0. The number of rotatable bonds is 11. The van der Waals surface area contributed by atoms with Crippen molar-refractivity contribution < 1.29 is 0 Å². The van der Waals surface area contributed by atoms with Crippen LogP contribution in [-0.2, 0) is 0 Å². The van der Waals surface area contributed by atoms with Gasteiger partial charge in [-0.05, 0) is 30.1 Å². The van der Waals surface area contributed by atoms with Crippen molar-refractivity contribution in [3.8, 4) is 0 Å². The Hall–Kier alpha value is 0. The quantitative estimate of drug-likeness (QED) is 0.360. The zero-order valence-electron chi connectivity index (χ0n) is 14.0. The average molecular weight is 255 g/mol. The monoisotopic (exact) mass is 254 g/mol. The minimum absolute atomic E-state index is 0.852. The Morgan fingerprint density at radius 3 is 1.61 bits per heavy atom. The maximum absolute atomic E-state index is 2.51. The summed E-state index contributed by atoms with van der Waals surface area (Å²) in [7, 11) is 0. The summed E-state index contributed by atoms with van der Waals surface area (Å²) in [5.74, 6) is 3.60. The third-order valence-corrected chi connectivity index (χ3v) is 4.83. The molecule has 0 amide bonds. The summed E-state index contributed by atoms with van der Waals surface area (Å²) >= 11 is 0. The van der Waals surface area contributed by atoms with Crippen LogP contribution in [0.1, 0.15) is 92.9 Å². The Morgan fingerprint density at radius 2 is 1.17 bits per heavy atom. The predicted octanol–water partition coefficient (Wildman–Crippen LogP) is 6.69. The molecule has 3 unspecified atom stereocenters. The Balaban J connectivity index is 4.13. The summed E-state index contributed by atoms with van der Waals surface area (Å²) in [6.07, 6.45) is 11.3. The summed E-state index contributed by atoms with van der Waals surface area (Å²) in [4.78, 5) is 0. The second-order valence-electron chi connectivity index (χ2n) is 6.74. The Kier molecular flexibility index (Phi) is 10.9. The van der Waals surface area contributed by atoms with Gasteiger partial charge in [0, 0.05) is 0 Å². The van der Waals surface area contributed by atoms with Crippen LogP contribution in [0.5, 0.6) is 0 Å². The molecule has 0 saturated heterocycles. The lowest BCUT2D eigenvalue weighted by molar-refractivity contribution is 0.179. The fourth-order valence-electron chi connectivity index (χ4n) is 3.23. The van der Waals surface area contributed by atoms with Crippen LogP contribution in [0.4, 0.5) is 0 Å². The van der Waals surface area contributed by atoms with Crippen LogP contribution in [0, 0.1) is 23.7 Å². The fraction of sp³-hybridized carbons (Fsp3) is 1.00. The van der Waals surface area contributed by atoms with E-state index in [4.69, 9.17) is 0 Å². The van der Waals surface area contributed by atoms with Crippen molar-refractivity contribution in [1.82, 2.24) is 0 Å². The molecule has 0 aromatic rings. The van der Waals surface area contributed by atoms with Gasteiger partial charge in [0.25, 0.3) is 0 Å².